The predicted molar refractivity (Wildman–Crippen MR) is 96.9 cm³/mol. The van der Waals surface area contributed by atoms with Gasteiger partial charge in [0.2, 0.25) is 5.91 Å². The fraction of sp³-hybridized carbons (Fsp3) is 0.611. The number of hydrogen-bond donors (Lipinski definition) is 2. The molecule has 5 heteroatoms. The highest BCUT2D eigenvalue weighted by atomic mass is 32.2. The van der Waals surface area contributed by atoms with E-state index in [1.54, 1.807) is 11.8 Å². The monoisotopic (exact) mass is 336 g/mol. The summed E-state index contributed by atoms with van der Waals surface area (Å²) >= 11 is 1.64. The molecule has 1 fully saturated rings. The first kappa shape index (κ1) is 18.3. The van der Waals surface area contributed by atoms with Crippen LogP contribution < -0.4 is 5.32 Å². The molecule has 0 unspecified atom stereocenters. The van der Waals surface area contributed by atoms with Gasteiger partial charge in [0.1, 0.15) is 6.10 Å². The van der Waals surface area contributed by atoms with Crippen molar-refractivity contribution in [1.82, 2.24) is 10.2 Å². The zero-order chi connectivity index (χ0) is 16.7. The van der Waals surface area contributed by atoms with Crippen molar-refractivity contribution in [3.8, 4) is 0 Å². The minimum Gasteiger partial charge on any atom is -0.383 e. The smallest absolute Gasteiger partial charge is 0.248 e. The quantitative estimate of drug-likeness (QED) is 0.798. The number of amides is 1. The van der Waals surface area contributed by atoms with Crippen LogP contribution in [0, 0.1) is 0 Å². The van der Waals surface area contributed by atoms with Crippen LogP contribution in [0.1, 0.15) is 24.8 Å². The number of piperidine rings is 1. The number of nitrogens with zero attached hydrogens (tertiary/aromatic N) is 1. The molecule has 0 spiro atoms. The zero-order valence-electron chi connectivity index (χ0n) is 14.1. The molecule has 0 aliphatic carbocycles. The Hall–Kier alpha value is -1.04. The zero-order valence-corrected chi connectivity index (χ0v) is 14.9. The van der Waals surface area contributed by atoms with Crippen molar-refractivity contribution in [3.05, 3.63) is 35.9 Å². The number of nitrogens with one attached hydrogen (secondary N) is 1. The van der Waals surface area contributed by atoms with Gasteiger partial charge in [0.25, 0.3) is 0 Å². The first-order valence-corrected chi connectivity index (χ1v) is 9.65. The Bertz CT molecular complexity index is 487. The summed E-state index contributed by atoms with van der Waals surface area (Å²) < 4.78 is 0. The van der Waals surface area contributed by atoms with Crippen molar-refractivity contribution < 1.29 is 9.90 Å². The van der Waals surface area contributed by atoms with Gasteiger partial charge in [-0.25, -0.2) is 0 Å². The van der Waals surface area contributed by atoms with Crippen LogP contribution in [-0.4, -0.2) is 60.7 Å². The molecule has 128 valence electrons. The molecule has 0 saturated carbocycles. The first-order chi connectivity index (χ1) is 11.1. The van der Waals surface area contributed by atoms with E-state index in [0.717, 1.165) is 31.7 Å². The van der Waals surface area contributed by atoms with Gasteiger partial charge in [0, 0.05) is 12.0 Å². The van der Waals surface area contributed by atoms with Crippen LogP contribution in [0.3, 0.4) is 0 Å². The lowest BCUT2D eigenvalue weighted by Crippen LogP contribution is -2.49. The molecule has 1 heterocycles. The molecule has 1 amide bonds. The second-order valence-corrected chi connectivity index (χ2v) is 7.45. The maximum Gasteiger partial charge on any atom is 0.248 e. The second kappa shape index (κ2) is 8.71. The van der Waals surface area contributed by atoms with Gasteiger partial charge < -0.3 is 15.3 Å². The lowest BCUT2D eigenvalue weighted by molar-refractivity contribution is -0.129. The summed E-state index contributed by atoms with van der Waals surface area (Å²) in [5.41, 5.74) is 1.26. The normalized spacial score (nSPS) is 19.3. The average Bonchev–Trinajstić information content (AvgIpc) is 2.60. The Labute approximate surface area is 143 Å². The third-order valence-corrected chi connectivity index (χ3v) is 5.47. The highest BCUT2D eigenvalue weighted by molar-refractivity contribution is 7.98. The van der Waals surface area contributed by atoms with Gasteiger partial charge in [0.05, 0.1) is 0 Å². The van der Waals surface area contributed by atoms with E-state index >= 15 is 0 Å². The van der Waals surface area contributed by atoms with E-state index in [2.05, 4.69) is 41.5 Å². The molecule has 1 aliphatic rings. The number of benzene rings is 1. The number of aliphatic hydroxyl groups excluding tert-OH is 1. The van der Waals surface area contributed by atoms with Crippen molar-refractivity contribution in [2.24, 2.45) is 0 Å². The van der Waals surface area contributed by atoms with Crippen LogP contribution in [0.2, 0.25) is 0 Å². The van der Waals surface area contributed by atoms with Crippen LogP contribution in [0.4, 0.5) is 0 Å². The van der Waals surface area contributed by atoms with Crippen LogP contribution in [0.5, 0.6) is 0 Å². The Balaban J connectivity index is 2.03. The standard InChI is InChI=1S/C18H28N2O2S/c1-20-11-9-18(10-12-20,15-6-4-3-5-7-15)14-19-17(22)16(21)8-13-23-2/h3-7,16,21H,8-14H2,1-2H3,(H,19,22)/t16-/m0/s1. The SMILES string of the molecule is CSCC[C@H](O)C(=O)NCC1(c2ccccc2)CCN(C)CC1. The molecule has 1 aromatic rings. The molecule has 2 rings (SSSR count). The van der Waals surface area contributed by atoms with E-state index in [9.17, 15) is 9.90 Å². The number of hydrogen-bond acceptors (Lipinski definition) is 4. The van der Waals surface area contributed by atoms with E-state index in [1.165, 1.54) is 5.56 Å². The van der Waals surface area contributed by atoms with Gasteiger partial charge in [-0.3, -0.25) is 4.79 Å². The molecule has 1 saturated heterocycles. The fourth-order valence-electron chi connectivity index (χ4n) is 3.14. The molecule has 1 aromatic carbocycles. The lowest BCUT2D eigenvalue weighted by atomic mass is 9.72. The molecule has 4 nitrogen and oxygen atoms in total. The number of carbonyl (C=O) groups excluding carboxylic acids is 1. The minimum atomic E-state index is -0.901. The molecule has 23 heavy (non-hydrogen) atoms. The molecule has 2 N–H and O–H groups in total. The largest absolute Gasteiger partial charge is 0.383 e. The van der Waals surface area contributed by atoms with Crippen molar-refractivity contribution in [2.45, 2.75) is 30.8 Å². The van der Waals surface area contributed by atoms with E-state index in [4.69, 9.17) is 0 Å². The van der Waals surface area contributed by atoms with Crippen molar-refractivity contribution in [1.29, 1.82) is 0 Å². The number of rotatable bonds is 7. The summed E-state index contributed by atoms with van der Waals surface area (Å²) in [5.74, 6) is 0.553. The van der Waals surface area contributed by atoms with Gasteiger partial charge >= 0.3 is 0 Å². The number of thioether (sulfide) groups is 1. The average molecular weight is 337 g/mol. The van der Waals surface area contributed by atoms with Gasteiger partial charge in [-0.05, 0) is 57.0 Å². The van der Waals surface area contributed by atoms with Crippen LogP contribution >= 0.6 is 11.8 Å². The summed E-state index contributed by atoms with van der Waals surface area (Å²) in [6.45, 7) is 2.65. The number of likely N-dealkylation sites (tertiary alicyclic amines) is 1. The molecule has 0 radical (unpaired) electrons. The van der Waals surface area contributed by atoms with Gasteiger partial charge in [-0.15, -0.1) is 0 Å². The highest BCUT2D eigenvalue weighted by Gasteiger charge is 2.36. The van der Waals surface area contributed by atoms with Crippen molar-refractivity contribution in [2.75, 3.05) is 38.7 Å². The summed E-state index contributed by atoms with van der Waals surface area (Å²) in [5, 5.41) is 12.9. The topological polar surface area (TPSA) is 52.6 Å². The molecular weight excluding hydrogens is 308 g/mol. The maximum atomic E-state index is 12.1. The Morgan fingerprint density at radius 1 is 1.35 bits per heavy atom. The van der Waals surface area contributed by atoms with E-state index in [0.29, 0.717) is 13.0 Å². The first-order valence-electron chi connectivity index (χ1n) is 8.26. The summed E-state index contributed by atoms with van der Waals surface area (Å²) in [6.07, 6.45) is 3.63. The van der Waals surface area contributed by atoms with Crippen LogP contribution in [0.15, 0.2) is 30.3 Å². The maximum absolute atomic E-state index is 12.1. The molecule has 1 atom stereocenters. The Kier molecular flexibility index (Phi) is 6.93. The summed E-state index contributed by atoms with van der Waals surface area (Å²) in [6, 6.07) is 10.5. The molecule has 0 aromatic heterocycles. The third-order valence-electron chi connectivity index (χ3n) is 4.83. The predicted octanol–water partition coefficient (Wildman–Crippen LogP) is 1.88. The van der Waals surface area contributed by atoms with Gasteiger partial charge in [0.15, 0.2) is 0 Å². The van der Waals surface area contributed by atoms with E-state index in [1.807, 2.05) is 12.3 Å². The van der Waals surface area contributed by atoms with Gasteiger partial charge in [-0.1, -0.05) is 30.3 Å². The van der Waals surface area contributed by atoms with E-state index < -0.39 is 6.10 Å². The van der Waals surface area contributed by atoms with E-state index in [-0.39, 0.29) is 11.3 Å². The Morgan fingerprint density at radius 3 is 2.61 bits per heavy atom. The number of aliphatic hydroxyl groups is 1. The second-order valence-electron chi connectivity index (χ2n) is 6.46. The van der Waals surface area contributed by atoms with Gasteiger partial charge in [-0.2, -0.15) is 11.8 Å². The minimum absolute atomic E-state index is 0.0251. The third kappa shape index (κ3) is 4.96. The highest BCUT2D eigenvalue weighted by Crippen LogP contribution is 2.34. The Morgan fingerprint density at radius 2 is 2.00 bits per heavy atom. The summed E-state index contributed by atoms with van der Waals surface area (Å²) in [7, 11) is 2.14. The molecule has 1 aliphatic heterocycles. The van der Waals surface area contributed by atoms with Crippen molar-refractivity contribution in [3.63, 3.8) is 0 Å². The summed E-state index contributed by atoms with van der Waals surface area (Å²) in [4.78, 5) is 14.5. The fourth-order valence-corrected chi connectivity index (χ4v) is 3.60. The van der Waals surface area contributed by atoms with Crippen LogP contribution in [0.25, 0.3) is 0 Å². The number of carbonyl (C=O) groups is 1. The molecular formula is C18H28N2O2S. The van der Waals surface area contributed by atoms with Crippen molar-refractivity contribution >= 4 is 17.7 Å². The van der Waals surface area contributed by atoms with Crippen LogP contribution in [-0.2, 0) is 10.2 Å². The lowest BCUT2D eigenvalue weighted by Gasteiger charge is -2.41. The molecule has 0 bridgehead atoms.